The molecular formula is C90H54N10O4. The number of phenols is 4. The van der Waals surface area contributed by atoms with Crippen LogP contribution in [0.15, 0.2) is 279 Å². The quantitative estimate of drug-likeness (QED) is 0.0717. The fraction of sp³-hybridized carbons (Fsp3) is 0. The smallest absolute Gasteiger partial charge is 0.162 e. The van der Waals surface area contributed by atoms with Crippen LogP contribution in [0.1, 0.15) is 0 Å². The van der Waals surface area contributed by atoms with E-state index in [9.17, 15) is 20.4 Å². The predicted molar refractivity (Wildman–Crippen MR) is 420 cm³/mol. The number of para-hydroxylation sites is 4. The zero-order valence-corrected chi connectivity index (χ0v) is 55.0. The van der Waals surface area contributed by atoms with Crippen LogP contribution in [0.3, 0.4) is 0 Å². The van der Waals surface area contributed by atoms with Crippen LogP contribution < -0.4 is 0 Å². The van der Waals surface area contributed by atoms with E-state index < -0.39 is 0 Å². The van der Waals surface area contributed by atoms with Gasteiger partial charge >= 0.3 is 0 Å². The van der Waals surface area contributed by atoms with Crippen molar-refractivity contribution < 1.29 is 20.4 Å². The SMILES string of the molecule is Oc1c2cccc1c1[nH]c(cc3nc(c4cccc(c4O)c4[nH]c(cc5nc2-c2ccccc2-5)c2ccccc24)-c2ccccc2-3)c2ccccc21.Oc1c2cccc1c1[nH]c(nc3nc(c4cccc(c4O)c4[nH]c(nc5nc2-c2ccccc2-5)c2ccccc24)-c2ccccc2-3)c2ccccc21. The summed E-state index contributed by atoms with van der Waals surface area (Å²) in [5, 5.41) is 61.1. The molecule has 12 aromatic carbocycles. The molecule has 8 N–H and O–H groups in total. The third-order valence-corrected chi connectivity index (χ3v) is 20.8. The first-order valence-electron chi connectivity index (χ1n) is 34.3. The Morgan fingerprint density at radius 2 is 0.433 bits per heavy atom. The molecule has 0 aliphatic carbocycles. The van der Waals surface area contributed by atoms with Crippen LogP contribution in [0, 0.1) is 0 Å². The first-order chi connectivity index (χ1) is 51.2. The minimum absolute atomic E-state index is 0.103. The second kappa shape index (κ2) is 22.5. The van der Waals surface area contributed by atoms with Gasteiger partial charge in [-0.05, 0) is 60.7 Å². The molecule has 0 fully saturated rings. The molecule has 0 unspecified atom stereocenters. The molecule has 18 aromatic rings. The molecule has 24 bridgehead atoms. The lowest BCUT2D eigenvalue weighted by atomic mass is 10.0. The van der Waals surface area contributed by atoms with Crippen molar-refractivity contribution in [1.82, 2.24) is 49.8 Å². The average Bonchev–Trinajstić information content (AvgIpc) is 1.57. The van der Waals surface area contributed by atoms with Crippen LogP contribution in [0.2, 0.25) is 0 Å². The second-order valence-corrected chi connectivity index (χ2v) is 26.5. The summed E-state index contributed by atoms with van der Waals surface area (Å²) >= 11 is 0. The largest absolute Gasteiger partial charge is 0.507 e. The van der Waals surface area contributed by atoms with Gasteiger partial charge in [0.15, 0.2) is 11.6 Å². The van der Waals surface area contributed by atoms with Crippen LogP contribution >= 0.6 is 0 Å². The van der Waals surface area contributed by atoms with Crippen LogP contribution in [-0.2, 0) is 0 Å². The van der Waals surface area contributed by atoms with Gasteiger partial charge in [-0.3, -0.25) is 0 Å². The maximum atomic E-state index is 12.1. The van der Waals surface area contributed by atoms with Gasteiger partial charge in [-0.1, -0.05) is 218 Å². The minimum atomic E-state index is 0.103. The molecule has 0 spiro atoms. The van der Waals surface area contributed by atoms with Crippen molar-refractivity contribution >= 4 is 131 Å². The van der Waals surface area contributed by atoms with Crippen LogP contribution in [0.4, 0.5) is 0 Å². The molecule has 0 saturated heterocycles. The molecule has 0 atom stereocenters. The Morgan fingerprint density at radius 3 is 0.779 bits per heavy atom. The lowest BCUT2D eigenvalue weighted by molar-refractivity contribution is 0.487. The molecule has 4 aliphatic heterocycles. The maximum absolute atomic E-state index is 12.1. The highest BCUT2D eigenvalue weighted by molar-refractivity contribution is 6.20. The number of aromatic amines is 4. The summed E-state index contributed by atoms with van der Waals surface area (Å²) in [6.45, 7) is 0. The van der Waals surface area contributed by atoms with Gasteiger partial charge in [0.2, 0.25) is 0 Å². The van der Waals surface area contributed by atoms with Crippen molar-refractivity contribution in [2.75, 3.05) is 0 Å². The van der Waals surface area contributed by atoms with Crippen molar-refractivity contribution in [2.45, 2.75) is 0 Å². The first kappa shape index (κ1) is 58.5. The molecular weight excluding hydrogens is 1290 g/mol. The molecule has 4 aliphatic rings. The monoisotopic (exact) mass is 1340 g/mol. The van der Waals surface area contributed by atoms with Crippen LogP contribution in [0.25, 0.3) is 221 Å². The van der Waals surface area contributed by atoms with Gasteiger partial charge in [0.25, 0.3) is 0 Å². The molecule has 22 rings (SSSR count). The summed E-state index contributed by atoms with van der Waals surface area (Å²) < 4.78 is 0. The van der Waals surface area contributed by atoms with Crippen LogP contribution in [-0.4, -0.2) is 70.3 Å². The second-order valence-electron chi connectivity index (χ2n) is 26.5. The van der Waals surface area contributed by atoms with Gasteiger partial charge in [0.05, 0.1) is 56.2 Å². The van der Waals surface area contributed by atoms with Crippen molar-refractivity contribution in [3.8, 4) is 113 Å². The molecule has 488 valence electrons. The number of phenolic OH excluding ortho intramolecular Hbond substituents is 4. The van der Waals surface area contributed by atoms with Gasteiger partial charge in [-0.2, -0.15) is 0 Å². The van der Waals surface area contributed by atoms with E-state index in [2.05, 4.69) is 80.6 Å². The highest BCUT2D eigenvalue weighted by Crippen LogP contribution is 2.49. The Bertz CT molecular complexity index is 6460. The third-order valence-electron chi connectivity index (χ3n) is 20.8. The molecule has 0 saturated carbocycles. The van der Waals surface area contributed by atoms with E-state index in [0.29, 0.717) is 88.8 Å². The highest BCUT2D eigenvalue weighted by Gasteiger charge is 2.27. The van der Waals surface area contributed by atoms with E-state index >= 15 is 0 Å². The Kier molecular flexibility index (Phi) is 12.7. The molecule has 104 heavy (non-hydrogen) atoms. The van der Waals surface area contributed by atoms with Crippen molar-refractivity contribution in [3.05, 3.63) is 279 Å². The Balaban J connectivity index is 0.000000134. The number of hydrogen-bond acceptors (Lipinski definition) is 10. The normalized spacial score (nSPS) is 12.0. The Morgan fingerprint density at radius 1 is 0.192 bits per heavy atom. The first-order valence-corrected chi connectivity index (χ1v) is 34.3. The summed E-state index contributed by atoms with van der Waals surface area (Å²) in [5.41, 5.74) is 17.6. The lowest BCUT2D eigenvalue weighted by Gasteiger charge is -2.04. The van der Waals surface area contributed by atoms with Gasteiger partial charge in [0, 0.05) is 142 Å². The number of hydrogen-bond donors (Lipinski definition) is 8. The van der Waals surface area contributed by atoms with Gasteiger partial charge in [0.1, 0.15) is 34.3 Å². The Hall–Kier alpha value is -14.5. The Labute approximate surface area is 589 Å². The standard InChI is InChI=1S/C46H28N4O2.C44H26N6O2/c51-45-33-19-9-20-34(45)43-31-17-7-3-13-27(31)39(49-43)24-40-28-14-4-8-18-32(28)44(50-40)36-22-10-21-35(46(36)52)42-30-16-6-2-12-26(30)38(48-42)23-37-25-11-1-5-15-29(25)41(33)47-37;51-39-31-19-9-20-32(39)36-25-13-3-7-17-29(25)43(47-36)50-44-30-18-8-4-14-26(30)38(48-44)34-22-10-21-33(40(34)52)37-24-12-2-6-16-28(24)42(46-37)49-41-27-15-5-1-11-23(27)35(31)45-41/h1-24,47,50-52H;1-22,45,48,51-52H. The minimum Gasteiger partial charge on any atom is -0.507 e. The number of rotatable bonds is 0. The van der Waals surface area contributed by atoms with E-state index in [0.717, 1.165) is 132 Å². The van der Waals surface area contributed by atoms with Gasteiger partial charge in [-0.15, -0.1) is 0 Å². The number of benzene rings is 12. The number of fused-ring (bicyclic) bond motifs is 56. The molecule has 14 nitrogen and oxygen atoms in total. The predicted octanol–water partition coefficient (Wildman–Crippen LogP) is 21.9. The van der Waals surface area contributed by atoms with Crippen molar-refractivity contribution in [2.24, 2.45) is 0 Å². The summed E-state index contributed by atoms with van der Waals surface area (Å²) in [6.07, 6.45) is 0. The van der Waals surface area contributed by atoms with E-state index in [4.69, 9.17) is 29.9 Å². The van der Waals surface area contributed by atoms with Crippen molar-refractivity contribution in [1.29, 1.82) is 0 Å². The molecule has 10 heterocycles. The fourth-order valence-corrected chi connectivity index (χ4v) is 16.0. The summed E-state index contributed by atoms with van der Waals surface area (Å²) in [5.74, 6) is 1.56. The lowest BCUT2D eigenvalue weighted by Crippen LogP contribution is -1.81. The molecule has 14 heteroatoms. The summed E-state index contributed by atoms with van der Waals surface area (Å²) in [7, 11) is 0. The fourth-order valence-electron chi connectivity index (χ4n) is 16.0. The maximum Gasteiger partial charge on any atom is 0.162 e. The van der Waals surface area contributed by atoms with E-state index in [-0.39, 0.29) is 23.0 Å². The van der Waals surface area contributed by atoms with Crippen molar-refractivity contribution in [3.63, 3.8) is 0 Å². The summed E-state index contributed by atoms with van der Waals surface area (Å²) in [6, 6.07) is 91.8. The number of nitrogens with one attached hydrogen (secondary N) is 4. The number of nitrogens with zero attached hydrogens (tertiary/aromatic N) is 6. The highest BCUT2D eigenvalue weighted by atomic mass is 16.3. The molecule has 0 radical (unpaired) electrons. The van der Waals surface area contributed by atoms with Gasteiger partial charge < -0.3 is 40.4 Å². The van der Waals surface area contributed by atoms with E-state index in [1.54, 1.807) is 0 Å². The third kappa shape index (κ3) is 8.75. The molecule has 0 amide bonds. The average molecular weight is 1340 g/mol. The van der Waals surface area contributed by atoms with Crippen LogP contribution in [0.5, 0.6) is 23.0 Å². The van der Waals surface area contributed by atoms with Gasteiger partial charge in [-0.25, -0.2) is 29.9 Å². The number of aromatic nitrogens is 10. The zero-order valence-electron chi connectivity index (χ0n) is 55.0. The topological polar surface area (TPSA) is 221 Å². The van der Waals surface area contributed by atoms with E-state index in [1.807, 2.05) is 218 Å². The molecule has 6 aromatic heterocycles. The van der Waals surface area contributed by atoms with E-state index in [1.165, 1.54) is 0 Å². The number of H-pyrrole nitrogens is 4. The number of aromatic hydroxyl groups is 4. The summed E-state index contributed by atoms with van der Waals surface area (Å²) in [4.78, 5) is 45.3. The zero-order chi connectivity index (χ0) is 69.0.